The minimum Gasteiger partial charge on any atom is -0.307 e. The molecule has 0 fully saturated rings. The summed E-state index contributed by atoms with van der Waals surface area (Å²) in [6.07, 6.45) is 9.52. The lowest BCUT2D eigenvalue weighted by Gasteiger charge is -2.19. The van der Waals surface area contributed by atoms with Crippen LogP contribution >= 0.6 is 0 Å². The van der Waals surface area contributed by atoms with Crippen molar-refractivity contribution in [3.63, 3.8) is 0 Å². The molecule has 0 aliphatic heterocycles. The second-order valence-electron chi connectivity index (χ2n) is 5.10. The van der Waals surface area contributed by atoms with E-state index in [1.54, 1.807) is 11.1 Å². The summed E-state index contributed by atoms with van der Waals surface area (Å²) in [5.41, 5.74) is 4.48. The van der Waals surface area contributed by atoms with E-state index in [2.05, 4.69) is 42.6 Å². The number of benzene rings is 1. The van der Waals surface area contributed by atoms with Crippen molar-refractivity contribution in [3.05, 3.63) is 47.0 Å². The highest BCUT2D eigenvalue weighted by Gasteiger charge is 2.24. The fraction of sp³-hybridized carbons (Fsp3) is 0.467. The van der Waals surface area contributed by atoms with Gasteiger partial charge in [0.1, 0.15) is 0 Å². The Morgan fingerprint density at radius 3 is 2.81 bits per heavy atom. The van der Waals surface area contributed by atoms with Crippen molar-refractivity contribution in [1.82, 2.24) is 5.32 Å². The minimum absolute atomic E-state index is 0.597. The summed E-state index contributed by atoms with van der Waals surface area (Å²) in [7, 11) is 0. The Morgan fingerprint density at radius 2 is 2.00 bits per heavy atom. The standard InChI is InChI=1S/C15H19N/c1-11-6-7-12-8-9-15(14(12)10-11)16-13-4-2-3-5-13/h2-3,6-7,10,13,15-16H,4-5,8-9H2,1H3. The van der Waals surface area contributed by atoms with Crippen LogP contribution in [0.15, 0.2) is 30.4 Å². The highest BCUT2D eigenvalue weighted by atomic mass is 15.0. The van der Waals surface area contributed by atoms with Gasteiger partial charge in [-0.1, -0.05) is 35.9 Å². The Labute approximate surface area is 97.6 Å². The van der Waals surface area contributed by atoms with E-state index in [1.165, 1.54) is 31.2 Å². The van der Waals surface area contributed by atoms with Gasteiger partial charge >= 0.3 is 0 Å². The van der Waals surface area contributed by atoms with Crippen LogP contribution in [-0.4, -0.2) is 6.04 Å². The monoisotopic (exact) mass is 213 g/mol. The SMILES string of the molecule is Cc1ccc2c(c1)C(NC1CC=CC1)CC2. The summed E-state index contributed by atoms with van der Waals surface area (Å²) in [5.74, 6) is 0. The van der Waals surface area contributed by atoms with Crippen LogP contribution in [0.1, 0.15) is 42.0 Å². The zero-order chi connectivity index (χ0) is 11.0. The Bertz CT molecular complexity index is 411. The van der Waals surface area contributed by atoms with E-state index in [0.29, 0.717) is 12.1 Å². The van der Waals surface area contributed by atoms with Crippen molar-refractivity contribution in [2.75, 3.05) is 0 Å². The number of nitrogens with one attached hydrogen (secondary N) is 1. The number of aryl methyl sites for hydroxylation is 2. The lowest BCUT2D eigenvalue weighted by Crippen LogP contribution is -2.29. The van der Waals surface area contributed by atoms with Gasteiger partial charge in [-0.3, -0.25) is 0 Å². The molecule has 0 saturated heterocycles. The summed E-state index contributed by atoms with van der Waals surface area (Å²) in [6, 6.07) is 8.18. The van der Waals surface area contributed by atoms with E-state index >= 15 is 0 Å². The first kappa shape index (κ1) is 10.1. The zero-order valence-electron chi connectivity index (χ0n) is 9.87. The predicted molar refractivity (Wildman–Crippen MR) is 67.5 cm³/mol. The van der Waals surface area contributed by atoms with E-state index < -0.39 is 0 Å². The van der Waals surface area contributed by atoms with Crippen LogP contribution in [0.3, 0.4) is 0 Å². The summed E-state index contributed by atoms with van der Waals surface area (Å²) in [6.45, 7) is 2.19. The number of fused-ring (bicyclic) bond motifs is 1. The molecule has 1 unspecified atom stereocenters. The molecular weight excluding hydrogens is 194 g/mol. The Hall–Kier alpha value is -1.08. The van der Waals surface area contributed by atoms with E-state index in [-0.39, 0.29) is 0 Å². The van der Waals surface area contributed by atoms with Crippen LogP contribution in [0, 0.1) is 6.92 Å². The van der Waals surface area contributed by atoms with Gasteiger partial charge in [0, 0.05) is 12.1 Å². The van der Waals surface area contributed by atoms with Gasteiger partial charge in [0.15, 0.2) is 0 Å². The summed E-state index contributed by atoms with van der Waals surface area (Å²) >= 11 is 0. The van der Waals surface area contributed by atoms with Gasteiger partial charge in [0.05, 0.1) is 0 Å². The van der Waals surface area contributed by atoms with E-state index in [4.69, 9.17) is 0 Å². The molecule has 2 aliphatic carbocycles. The maximum Gasteiger partial charge on any atom is 0.0328 e. The average molecular weight is 213 g/mol. The molecule has 16 heavy (non-hydrogen) atoms. The predicted octanol–water partition coefficient (Wildman–Crippen LogP) is 3.29. The highest BCUT2D eigenvalue weighted by Crippen LogP contribution is 2.32. The minimum atomic E-state index is 0.597. The van der Waals surface area contributed by atoms with Crippen LogP contribution in [0.25, 0.3) is 0 Å². The van der Waals surface area contributed by atoms with Gasteiger partial charge < -0.3 is 5.32 Å². The van der Waals surface area contributed by atoms with Gasteiger partial charge in [0.25, 0.3) is 0 Å². The van der Waals surface area contributed by atoms with Crippen molar-refractivity contribution in [1.29, 1.82) is 0 Å². The van der Waals surface area contributed by atoms with Gasteiger partial charge in [-0.2, -0.15) is 0 Å². The summed E-state index contributed by atoms with van der Waals surface area (Å²) in [4.78, 5) is 0. The fourth-order valence-electron chi connectivity index (χ4n) is 2.93. The van der Waals surface area contributed by atoms with Crippen molar-refractivity contribution in [3.8, 4) is 0 Å². The number of hydrogen-bond donors (Lipinski definition) is 1. The first-order chi connectivity index (χ1) is 7.83. The molecule has 0 saturated carbocycles. The zero-order valence-corrected chi connectivity index (χ0v) is 9.87. The lowest BCUT2D eigenvalue weighted by atomic mass is 10.0. The lowest BCUT2D eigenvalue weighted by molar-refractivity contribution is 0.446. The van der Waals surface area contributed by atoms with Crippen LogP contribution in [-0.2, 0) is 6.42 Å². The normalized spacial score (nSPS) is 23.9. The molecule has 1 heteroatoms. The molecule has 0 spiro atoms. The van der Waals surface area contributed by atoms with Gasteiger partial charge in [-0.05, 0) is 43.7 Å². The molecule has 1 N–H and O–H groups in total. The summed E-state index contributed by atoms with van der Waals surface area (Å²) in [5, 5.41) is 3.80. The third-order valence-corrected chi connectivity index (χ3v) is 3.82. The van der Waals surface area contributed by atoms with Gasteiger partial charge in [-0.15, -0.1) is 0 Å². The fourth-order valence-corrected chi connectivity index (χ4v) is 2.93. The van der Waals surface area contributed by atoms with Gasteiger partial charge in [-0.25, -0.2) is 0 Å². The number of hydrogen-bond acceptors (Lipinski definition) is 1. The number of rotatable bonds is 2. The molecular formula is C15H19N. The second kappa shape index (κ2) is 4.06. The molecule has 1 aromatic carbocycles. The summed E-state index contributed by atoms with van der Waals surface area (Å²) < 4.78 is 0. The first-order valence-electron chi connectivity index (χ1n) is 6.33. The molecule has 1 atom stereocenters. The van der Waals surface area contributed by atoms with E-state index in [0.717, 1.165) is 0 Å². The van der Waals surface area contributed by atoms with E-state index in [1.807, 2.05) is 0 Å². The maximum atomic E-state index is 3.80. The molecule has 2 aliphatic rings. The second-order valence-corrected chi connectivity index (χ2v) is 5.10. The maximum absolute atomic E-state index is 3.80. The molecule has 0 heterocycles. The average Bonchev–Trinajstić information content (AvgIpc) is 2.90. The molecule has 84 valence electrons. The van der Waals surface area contributed by atoms with Crippen LogP contribution in [0.2, 0.25) is 0 Å². The quantitative estimate of drug-likeness (QED) is 0.743. The molecule has 0 amide bonds. The smallest absolute Gasteiger partial charge is 0.0328 e. The first-order valence-corrected chi connectivity index (χ1v) is 6.33. The van der Waals surface area contributed by atoms with Crippen LogP contribution in [0.5, 0.6) is 0 Å². The van der Waals surface area contributed by atoms with E-state index in [9.17, 15) is 0 Å². The largest absolute Gasteiger partial charge is 0.307 e. The van der Waals surface area contributed by atoms with Crippen LogP contribution in [0.4, 0.5) is 0 Å². The Morgan fingerprint density at radius 1 is 1.19 bits per heavy atom. The molecule has 0 bridgehead atoms. The van der Waals surface area contributed by atoms with Crippen molar-refractivity contribution in [2.24, 2.45) is 0 Å². The molecule has 1 aromatic rings. The molecule has 1 nitrogen and oxygen atoms in total. The van der Waals surface area contributed by atoms with Crippen molar-refractivity contribution in [2.45, 2.75) is 44.7 Å². The molecule has 0 aromatic heterocycles. The third-order valence-electron chi connectivity index (χ3n) is 3.82. The van der Waals surface area contributed by atoms with Crippen molar-refractivity contribution >= 4 is 0 Å². The third kappa shape index (κ3) is 1.80. The Balaban J connectivity index is 1.77. The molecule has 0 radical (unpaired) electrons. The topological polar surface area (TPSA) is 12.0 Å². The Kier molecular flexibility index (Phi) is 2.56. The highest BCUT2D eigenvalue weighted by molar-refractivity contribution is 5.37. The molecule has 3 rings (SSSR count). The van der Waals surface area contributed by atoms with Gasteiger partial charge in [0.2, 0.25) is 0 Å². The van der Waals surface area contributed by atoms with Crippen LogP contribution < -0.4 is 5.32 Å². The van der Waals surface area contributed by atoms with Crippen molar-refractivity contribution < 1.29 is 0 Å².